The van der Waals surface area contributed by atoms with Crippen molar-refractivity contribution in [1.82, 2.24) is 15.3 Å². The molecule has 0 aromatic carbocycles. The van der Waals surface area contributed by atoms with E-state index in [4.69, 9.17) is 0 Å². The summed E-state index contributed by atoms with van der Waals surface area (Å²) in [4.78, 5) is 18.8. The number of hydrogen-bond donors (Lipinski definition) is 1. The van der Waals surface area contributed by atoms with E-state index in [0.29, 0.717) is 5.75 Å². The van der Waals surface area contributed by atoms with Crippen molar-refractivity contribution in [2.75, 3.05) is 12.8 Å². The van der Waals surface area contributed by atoms with Crippen molar-refractivity contribution in [3.8, 4) is 0 Å². The minimum atomic E-state index is -0.000544. The van der Waals surface area contributed by atoms with Gasteiger partial charge < -0.3 is 5.32 Å². The van der Waals surface area contributed by atoms with Gasteiger partial charge in [0.15, 0.2) is 0 Å². The van der Waals surface area contributed by atoms with Gasteiger partial charge in [-0.2, -0.15) is 0 Å². The molecular formula is C7H8IN3OS. The molecule has 1 aromatic heterocycles. The van der Waals surface area contributed by atoms with Crippen LogP contribution >= 0.6 is 34.4 Å². The van der Waals surface area contributed by atoms with Crippen molar-refractivity contribution >= 4 is 40.3 Å². The minimum Gasteiger partial charge on any atom is -0.358 e. The Morgan fingerprint density at radius 3 is 3.15 bits per heavy atom. The van der Waals surface area contributed by atoms with E-state index < -0.39 is 0 Å². The maximum atomic E-state index is 10.9. The topological polar surface area (TPSA) is 54.9 Å². The lowest BCUT2D eigenvalue weighted by molar-refractivity contribution is -0.118. The van der Waals surface area contributed by atoms with Crippen molar-refractivity contribution < 1.29 is 4.79 Å². The van der Waals surface area contributed by atoms with E-state index in [1.165, 1.54) is 18.1 Å². The van der Waals surface area contributed by atoms with Gasteiger partial charge in [-0.3, -0.25) is 4.79 Å². The second-order valence-corrected chi connectivity index (χ2v) is 4.26. The van der Waals surface area contributed by atoms with Gasteiger partial charge in [0, 0.05) is 13.2 Å². The lowest BCUT2D eigenvalue weighted by Gasteiger charge is -2.00. The number of carbonyl (C=O) groups excluding carboxylic acids is 1. The summed E-state index contributed by atoms with van der Waals surface area (Å²) in [5.74, 6) is 0.392. The van der Waals surface area contributed by atoms with Crippen LogP contribution < -0.4 is 5.32 Å². The van der Waals surface area contributed by atoms with Gasteiger partial charge in [-0.05, 0) is 22.6 Å². The first kappa shape index (κ1) is 10.7. The first-order valence-corrected chi connectivity index (χ1v) is 5.59. The number of thioether (sulfide) groups is 1. The Kier molecular flexibility index (Phi) is 4.43. The van der Waals surface area contributed by atoms with Gasteiger partial charge >= 0.3 is 0 Å². The summed E-state index contributed by atoms with van der Waals surface area (Å²) in [6, 6.07) is 0. The summed E-state index contributed by atoms with van der Waals surface area (Å²) < 4.78 is 0.967. The van der Waals surface area contributed by atoms with Gasteiger partial charge in [0.25, 0.3) is 0 Å². The second kappa shape index (κ2) is 5.38. The predicted molar refractivity (Wildman–Crippen MR) is 59.5 cm³/mol. The molecule has 0 spiro atoms. The van der Waals surface area contributed by atoms with E-state index in [1.54, 1.807) is 13.2 Å². The van der Waals surface area contributed by atoms with Crippen LogP contribution in [-0.2, 0) is 4.79 Å². The molecule has 1 N–H and O–H groups in total. The molecule has 0 aliphatic carbocycles. The van der Waals surface area contributed by atoms with E-state index in [2.05, 4.69) is 37.9 Å². The third kappa shape index (κ3) is 3.47. The number of rotatable bonds is 3. The Balaban J connectivity index is 2.54. The molecule has 0 bridgehead atoms. The Hall–Kier alpha value is -0.370. The number of nitrogens with zero attached hydrogens (tertiary/aromatic N) is 2. The van der Waals surface area contributed by atoms with Crippen LogP contribution in [0.2, 0.25) is 0 Å². The Labute approximate surface area is 94.1 Å². The molecule has 0 atom stereocenters. The maximum absolute atomic E-state index is 10.9. The first-order valence-electron chi connectivity index (χ1n) is 3.53. The van der Waals surface area contributed by atoms with Gasteiger partial charge in [0.1, 0.15) is 11.4 Å². The highest BCUT2D eigenvalue weighted by Gasteiger charge is 2.04. The third-order valence-electron chi connectivity index (χ3n) is 1.25. The monoisotopic (exact) mass is 309 g/mol. The molecule has 1 rings (SSSR count). The molecule has 1 amide bonds. The fraction of sp³-hybridized carbons (Fsp3) is 0.286. The van der Waals surface area contributed by atoms with Gasteiger partial charge in [-0.15, -0.1) is 0 Å². The van der Waals surface area contributed by atoms with Crippen LogP contribution in [-0.4, -0.2) is 28.7 Å². The summed E-state index contributed by atoms with van der Waals surface area (Å²) >= 11 is 3.55. The highest BCUT2D eigenvalue weighted by molar-refractivity contribution is 14.1. The maximum Gasteiger partial charge on any atom is 0.230 e. The van der Waals surface area contributed by atoms with E-state index in [9.17, 15) is 4.79 Å². The van der Waals surface area contributed by atoms with Gasteiger partial charge in [0.2, 0.25) is 5.91 Å². The van der Waals surface area contributed by atoms with E-state index >= 15 is 0 Å². The smallest absolute Gasteiger partial charge is 0.230 e. The van der Waals surface area contributed by atoms with Crippen LogP contribution in [0.25, 0.3) is 0 Å². The first-order chi connectivity index (χ1) is 6.24. The minimum absolute atomic E-state index is 0.000544. The van der Waals surface area contributed by atoms with Crippen LogP contribution in [0.3, 0.4) is 0 Å². The van der Waals surface area contributed by atoms with Crippen molar-refractivity contribution in [2.45, 2.75) is 5.03 Å². The Morgan fingerprint density at radius 1 is 1.77 bits per heavy atom. The fourth-order valence-electron chi connectivity index (χ4n) is 0.614. The molecule has 70 valence electrons. The lowest BCUT2D eigenvalue weighted by Crippen LogP contribution is -2.19. The molecular weight excluding hydrogens is 301 g/mol. The van der Waals surface area contributed by atoms with Crippen LogP contribution in [0.5, 0.6) is 0 Å². The zero-order valence-electron chi connectivity index (χ0n) is 6.95. The van der Waals surface area contributed by atoms with Crippen LogP contribution in [0.1, 0.15) is 0 Å². The molecule has 0 aliphatic rings. The Bertz CT molecular complexity index is 308. The molecule has 1 aromatic rings. The standard InChI is InChI=1S/C7H8IN3OS/c1-9-6(12)3-13-7-5(8)2-10-4-11-7/h2,4H,3H2,1H3,(H,9,12). The highest BCUT2D eigenvalue weighted by atomic mass is 127. The summed E-state index contributed by atoms with van der Waals surface area (Å²) in [5, 5.41) is 3.40. The zero-order valence-corrected chi connectivity index (χ0v) is 9.92. The van der Waals surface area contributed by atoms with Crippen LogP contribution in [0.4, 0.5) is 0 Å². The fourth-order valence-corrected chi connectivity index (χ4v) is 2.11. The molecule has 13 heavy (non-hydrogen) atoms. The van der Waals surface area contributed by atoms with Crippen molar-refractivity contribution in [1.29, 1.82) is 0 Å². The van der Waals surface area contributed by atoms with Crippen molar-refractivity contribution in [3.63, 3.8) is 0 Å². The number of aromatic nitrogens is 2. The van der Waals surface area contributed by atoms with E-state index in [0.717, 1.165) is 8.60 Å². The predicted octanol–water partition coefficient (Wildman–Crippen LogP) is 0.919. The summed E-state index contributed by atoms with van der Waals surface area (Å²) in [7, 11) is 1.62. The molecule has 0 aliphatic heterocycles. The number of amides is 1. The number of halogens is 1. The summed E-state index contributed by atoms with van der Waals surface area (Å²) in [6.07, 6.45) is 3.20. The highest BCUT2D eigenvalue weighted by Crippen LogP contribution is 2.19. The van der Waals surface area contributed by atoms with Gasteiger partial charge in [-0.1, -0.05) is 11.8 Å². The second-order valence-electron chi connectivity index (χ2n) is 2.14. The third-order valence-corrected chi connectivity index (χ3v) is 3.41. The molecule has 1 heterocycles. The van der Waals surface area contributed by atoms with Crippen LogP contribution in [0.15, 0.2) is 17.6 Å². The van der Waals surface area contributed by atoms with Crippen LogP contribution in [0, 0.1) is 3.57 Å². The van der Waals surface area contributed by atoms with Crippen molar-refractivity contribution in [3.05, 3.63) is 16.1 Å². The quantitative estimate of drug-likeness (QED) is 0.512. The van der Waals surface area contributed by atoms with E-state index in [-0.39, 0.29) is 5.91 Å². The molecule has 0 saturated carbocycles. The zero-order chi connectivity index (χ0) is 9.68. The SMILES string of the molecule is CNC(=O)CSc1ncncc1I. The molecule has 0 unspecified atom stereocenters. The normalized spacial score (nSPS) is 9.69. The van der Waals surface area contributed by atoms with E-state index in [1.807, 2.05) is 0 Å². The molecule has 0 saturated heterocycles. The number of carbonyl (C=O) groups is 1. The molecule has 0 radical (unpaired) electrons. The average Bonchev–Trinajstić information content (AvgIpc) is 2.16. The average molecular weight is 309 g/mol. The summed E-state index contributed by atoms with van der Waals surface area (Å²) in [5.41, 5.74) is 0. The number of nitrogens with one attached hydrogen (secondary N) is 1. The largest absolute Gasteiger partial charge is 0.358 e. The van der Waals surface area contributed by atoms with Gasteiger partial charge in [0.05, 0.1) is 9.32 Å². The lowest BCUT2D eigenvalue weighted by atomic mass is 10.7. The number of hydrogen-bond acceptors (Lipinski definition) is 4. The van der Waals surface area contributed by atoms with Crippen molar-refractivity contribution in [2.24, 2.45) is 0 Å². The molecule has 6 heteroatoms. The molecule has 0 fully saturated rings. The Morgan fingerprint density at radius 2 is 2.54 bits per heavy atom. The summed E-state index contributed by atoms with van der Waals surface area (Å²) in [6.45, 7) is 0. The van der Waals surface area contributed by atoms with Gasteiger partial charge in [-0.25, -0.2) is 9.97 Å². The molecule has 4 nitrogen and oxygen atoms in total.